The highest BCUT2D eigenvalue weighted by atomic mass is 35.5. The number of carbonyl (C=O) groups excluding carboxylic acids is 2. The number of methoxy groups -OCH3 is 1. The minimum absolute atomic E-state index is 0.139. The zero-order chi connectivity index (χ0) is 22.1. The van der Waals surface area contributed by atoms with Gasteiger partial charge in [0.15, 0.2) is 5.82 Å². The molecule has 0 bridgehead atoms. The van der Waals surface area contributed by atoms with Crippen LogP contribution < -0.4 is 15.4 Å². The zero-order valence-electron chi connectivity index (χ0n) is 16.8. The maximum absolute atomic E-state index is 13.2. The largest absolute Gasteiger partial charge is 0.480 e. The highest BCUT2D eigenvalue weighted by Gasteiger charge is 2.27. The Morgan fingerprint density at radius 3 is 2.65 bits per heavy atom. The van der Waals surface area contributed by atoms with E-state index in [1.54, 1.807) is 31.3 Å². The number of halogens is 2. The predicted molar refractivity (Wildman–Crippen MR) is 118 cm³/mol. The van der Waals surface area contributed by atoms with Gasteiger partial charge in [-0.15, -0.1) is 5.10 Å². The van der Waals surface area contributed by atoms with E-state index in [0.29, 0.717) is 26.9 Å². The van der Waals surface area contributed by atoms with Gasteiger partial charge in [0.05, 0.1) is 23.4 Å². The number of anilines is 1. The van der Waals surface area contributed by atoms with Crippen molar-refractivity contribution in [3.8, 4) is 11.7 Å². The maximum atomic E-state index is 13.2. The van der Waals surface area contributed by atoms with Gasteiger partial charge in [-0.05, 0) is 49.6 Å². The molecule has 0 aliphatic heterocycles. The normalized spacial score (nSPS) is 13.0. The van der Waals surface area contributed by atoms with Crippen molar-refractivity contribution in [2.24, 2.45) is 0 Å². The predicted octanol–water partition coefficient (Wildman–Crippen LogP) is 4.04. The summed E-state index contributed by atoms with van der Waals surface area (Å²) in [7, 11) is 1.44. The van der Waals surface area contributed by atoms with Gasteiger partial charge >= 0.3 is 0 Å². The molecule has 0 atom stereocenters. The molecule has 3 aromatic rings. The van der Waals surface area contributed by atoms with E-state index in [-0.39, 0.29) is 29.3 Å². The van der Waals surface area contributed by atoms with Crippen molar-refractivity contribution in [3.05, 3.63) is 63.4 Å². The Hall–Kier alpha value is -3.10. The monoisotopic (exact) mass is 459 g/mol. The molecule has 0 radical (unpaired) electrons. The molecule has 2 heterocycles. The molecule has 160 valence electrons. The Kier molecular flexibility index (Phi) is 5.84. The summed E-state index contributed by atoms with van der Waals surface area (Å²) < 4.78 is 6.48. The molecule has 1 fully saturated rings. The Bertz CT molecular complexity index is 1170. The topological polar surface area (TPSA) is 98.1 Å². The minimum Gasteiger partial charge on any atom is -0.480 e. The van der Waals surface area contributed by atoms with E-state index >= 15 is 0 Å². The second-order valence-electron chi connectivity index (χ2n) is 7.14. The molecule has 4 rings (SSSR count). The van der Waals surface area contributed by atoms with Crippen LogP contribution in [0.5, 0.6) is 5.88 Å². The van der Waals surface area contributed by atoms with E-state index < -0.39 is 5.91 Å². The van der Waals surface area contributed by atoms with E-state index in [4.69, 9.17) is 27.9 Å². The van der Waals surface area contributed by atoms with Crippen molar-refractivity contribution >= 4 is 40.7 Å². The summed E-state index contributed by atoms with van der Waals surface area (Å²) in [6.07, 6.45) is 3.42. The smallest absolute Gasteiger partial charge is 0.274 e. The molecule has 0 saturated heterocycles. The van der Waals surface area contributed by atoms with E-state index in [2.05, 4.69) is 20.7 Å². The third-order valence-corrected chi connectivity index (χ3v) is 5.28. The Morgan fingerprint density at radius 2 is 1.97 bits per heavy atom. The minimum atomic E-state index is -0.511. The number of nitrogens with zero attached hydrogens (tertiary/aromatic N) is 3. The summed E-state index contributed by atoms with van der Waals surface area (Å²) in [4.78, 5) is 30.2. The highest BCUT2D eigenvalue weighted by molar-refractivity contribution is 6.32. The van der Waals surface area contributed by atoms with Crippen LogP contribution in [0, 0.1) is 6.92 Å². The van der Waals surface area contributed by atoms with Gasteiger partial charge in [0.1, 0.15) is 5.69 Å². The molecule has 1 aliphatic rings. The van der Waals surface area contributed by atoms with Crippen molar-refractivity contribution in [1.29, 1.82) is 0 Å². The van der Waals surface area contributed by atoms with Crippen LogP contribution in [0.25, 0.3) is 5.82 Å². The fourth-order valence-electron chi connectivity index (χ4n) is 3.07. The summed E-state index contributed by atoms with van der Waals surface area (Å²) in [5, 5.41) is 10.7. The van der Waals surface area contributed by atoms with E-state index in [9.17, 15) is 9.59 Å². The molecular formula is C21H19Cl2N5O3. The van der Waals surface area contributed by atoms with Gasteiger partial charge in [0.25, 0.3) is 11.8 Å². The molecule has 0 unspecified atom stereocenters. The third-order valence-electron chi connectivity index (χ3n) is 4.76. The number of aryl methyl sites for hydroxylation is 1. The number of ether oxygens (including phenoxy) is 1. The van der Waals surface area contributed by atoms with Gasteiger partial charge in [-0.3, -0.25) is 9.59 Å². The van der Waals surface area contributed by atoms with Gasteiger partial charge in [0, 0.05) is 23.3 Å². The number of rotatable bonds is 6. The number of nitrogens with one attached hydrogen (secondary N) is 2. The van der Waals surface area contributed by atoms with Crippen LogP contribution in [0.4, 0.5) is 5.69 Å². The van der Waals surface area contributed by atoms with Crippen LogP contribution in [0.3, 0.4) is 0 Å². The molecule has 2 N–H and O–H groups in total. The third kappa shape index (κ3) is 4.50. The number of pyridine rings is 1. The van der Waals surface area contributed by atoms with Gasteiger partial charge in [0.2, 0.25) is 5.88 Å². The standard InChI is InChI=1S/C21H19Cl2N5O3/c1-11-8-12(22)9-14(20(29)25-13-5-6-13)18(11)26-21(30)16-10-17(31-2)27-28(16)19-15(23)4-3-7-24-19/h3-4,7-10,13H,5-6H2,1-2H3,(H,25,29)(H,26,30). The number of aromatic nitrogens is 3. The lowest BCUT2D eigenvalue weighted by molar-refractivity contribution is 0.0952. The second-order valence-corrected chi connectivity index (χ2v) is 7.98. The van der Waals surface area contributed by atoms with Crippen molar-refractivity contribution < 1.29 is 14.3 Å². The van der Waals surface area contributed by atoms with Crippen molar-refractivity contribution in [1.82, 2.24) is 20.1 Å². The molecule has 10 heteroatoms. The molecule has 1 aromatic carbocycles. The average Bonchev–Trinajstić information content (AvgIpc) is 3.44. The van der Waals surface area contributed by atoms with Gasteiger partial charge in [-0.25, -0.2) is 9.67 Å². The van der Waals surface area contributed by atoms with Crippen LogP contribution in [-0.2, 0) is 0 Å². The first kappa shape index (κ1) is 21.1. The quantitative estimate of drug-likeness (QED) is 0.579. The van der Waals surface area contributed by atoms with E-state index in [1.807, 2.05) is 0 Å². The Labute approximate surface area is 188 Å². The molecule has 0 spiro atoms. The summed E-state index contributed by atoms with van der Waals surface area (Å²) >= 11 is 12.4. The summed E-state index contributed by atoms with van der Waals surface area (Å²) in [6, 6.07) is 8.16. The maximum Gasteiger partial charge on any atom is 0.274 e. The fraction of sp³-hybridized carbons (Fsp3) is 0.238. The Balaban J connectivity index is 1.72. The van der Waals surface area contributed by atoms with Crippen LogP contribution in [0.15, 0.2) is 36.5 Å². The van der Waals surface area contributed by atoms with Gasteiger partial charge in [-0.2, -0.15) is 0 Å². The average molecular weight is 460 g/mol. The van der Waals surface area contributed by atoms with Gasteiger partial charge in [-0.1, -0.05) is 23.2 Å². The first-order valence-corrected chi connectivity index (χ1v) is 10.3. The first-order chi connectivity index (χ1) is 14.9. The highest BCUT2D eigenvalue weighted by Crippen LogP contribution is 2.29. The summed E-state index contributed by atoms with van der Waals surface area (Å²) in [5.74, 6) is -0.311. The van der Waals surface area contributed by atoms with Crippen molar-refractivity contribution in [2.45, 2.75) is 25.8 Å². The van der Waals surface area contributed by atoms with E-state index in [1.165, 1.54) is 23.9 Å². The number of benzene rings is 1. The van der Waals surface area contributed by atoms with Crippen LogP contribution in [0.2, 0.25) is 10.0 Å². The first-order valence-electron chi connectivity index (χ1n) is 9.54. The molecule has 8 nitrogen and oxygen atoms in total. The van der Waals surface area contributed by atoms with Gasteiger partial charge < -0.3 is 15.4 Å². The molecule has 1 aliphatic carbocycles. The second kappa shape index (κ2) is 8.56. The zero-order valence-corrected chi connectivity index (χ0v) is 18.3. The lowest BCUT2D eigenvalue weighted by atomic mass is 10.1. The van der Waals surface area contributed by atoms with Crippen molar-refractivity contribution in [2.75, 3.05) is 12.4 Å². The summed E-state index contributed by atoms with van der Waals surface area (Å²) in [5.41, 5.74) is 1.45. The summed E-state index contributed by atoms with van der Waals surface area (Å²) in [6.45, 7) is 1.77. The van der Waals surface area contributed by atoms with Crippen LogP contribution in [-0.4, -0.2) is 39.7 Å². The van der Waals surface area contributed by atoms with Crippen LogP contribution in [0.1, 0.15) is 39.3 Å². The Morgan fingerprint density at radius 1 is 1.19 bits per heavy atom. The lowest BCUT2D eigenvalue weighted by Crippen LogP contribution is -2.27. The SMILES string of the molecule is COc1cc(C(=O)Nc2c(C)cc(Cl)cc2C(=O)NC2CC2)n(-c2ncccc2Cl)n1. The number of hydrogen-bond acceptors (Lipinski definition) is 5. The number of hydrogen-bond donors (Lipinski definition) is 2. The van der Waals surface area contributed by atoms with Crippen molar-refractivity contribution in [3.63, 3.8) is 0 Å². The van der Waals surface area contributed by atoms with Crippen LogP contribution >= 0.6 is 23.2 Å². The number of amides is 2. The fourth-order valence-corrected chi connectivity index (χ4v) is 3.55. The van der Waals surface area contributed by atoms with E-state index in [0.717, 1.165) is 12.8 Å². The number of carbonyl (C=O) groups is 2. The molecule has 1 saturated carbocycles. The molecule has 31 heavy (non-hydrogen) atoms. The molecular weight excluding hydrogens is 441 g/mol. The molecule has 2 amide bonds. The molecule has 2 aromatic heterocycles. The lowest BCUT2D eigenvalue weighted by Gasteiger charge is -2.15.